The molecule has 6 nitrogen and oxygen atoms in total. The first kappa shape index (κ1) is 13.6. The molecule has 2 rings (SSSR count). The molecule has 0 spiro atoms. The quantitative estimate of drug-likeness (QED) is 0.791. The van der Waals surface area contributed by atoms with Crippen molar-refractivity contribution in [3.8, 4) is 0 Å². The SMILES string of the molecule is CCOC(=O)CN1CCN(c2ccc(N)cn2)CC1. The highest BCUT2D eigenvalue weighted by Gasteiger charge is 2.20. The van der Waals surface area contributed by atoms with Gasteiger partial charge in [0.25, 0.3) is 0 Å². The van der Waals surface area contributed by atoms with Gasteiger partial charge in [-0.1, -0.05) is 0 Å². The Labute approximate surface area is 113 Å². The number of nitrogens with two attached hydrogens (primary N) is 1. The second kappa shape index (κ2) is 6.38. The molecule has 1 aliphatic heterocycles. The molecule has 0 amide bonds. The Morgan fingerprint density at radius 1 is 1.37 bits per heavy atom. The van der Waals surface area contributed by atoms with E-state index in [1.54, 1.807) is 6.20 Å². The van der Waals surface area contributed by atoms with Gasteiger partial charge in [0.1, 0.15) is 5.82 Å². The molecular weight excluding hydrogens is 244 g/mol. The van der Waals surface area contributed by atoms with Crippen LogP contribution in [0.2, 0.25) is 0 Å². The van der Waals surface area contributed by atoms with E-state index in [-0.39, 0.29) is 5.97 Å². The van der Waals surface area contributed by atoms with Gasteiger partial charge in [-0.15, -0.1) is 0 Å². The second-order valence-electron chi connectivity index (χ2n) is 4.52. The van der Waals surface area contributed by atoms with Crippen LogP contribution in [0.15, 0.2) is 18.3 Å². The molecule has 1 aromatic rings. The maximum atomic E-state index is 11.4. The van der Waals surface area contributed by atoms with Crippen molar-refractivity contribution in [2.24, 2.45) is 0 Å². The predicted octanol–water partition coefficient (Wildman–Crippen LogP) is 0.349. The maximum Gasteiger partial charge on any atom is 0.320 e. The summed E-state index contributed by atoms with van der Waals surface area (Å²) in [5.74, 6) is 0.784. The minimum atomic E-state index is -0.151. The largest absolute Gasteiger partial charge is 0.465 e. The summed E-state index contributed by atoms with van der Waals surface area (Å²) >= 11 is 0. The lowest BCUT2D eigenvalue weighted by atomic mass is 10.3. The molecule has 19 heavy (non-hydrogen) atoms. The van der Waals surface area contributed by atoms with Gasteiger partial charge in [-0.25, -0.2) is 4.98 Å². The summed E-state index contributed by atoms with van der Waals surface area (Å²) in [7, 11) is 0. The van der Waals surface area contributed by atoms with Gasteiger partial charge in [0.15, 0.2) is 0 Å². The fourth-order valence-corrected chi connectivity index (χ4v) is 2.11. The number of rotatable bonds is 4. The Morgan fingerprint density at radius 2 is 2.11 bits per heavy atom. The number of carbonyl (C=O) groups is 1. The topological polar surface area (TPSA) is 71.7 Å². The molecule has 0 radical (unpaired) electrons. The monoisotopic (exact) mass is 264 g/mol. The van der Waals surface area contributed by atoms with Crippen LogP contribution in [0.4, 0.5) is 11.5 Å². The van der Waals surface area contributed by atoms with Crippen molar-refractivity contribution in [2.45, 2.75) is 6.92 Å². The fraction of sp³-hybridized carbons (Fsp3) is 0.538. The van der Waals surface area contributed by atoms with Crippen LogP contribution in [-0.2, 0) is 9.53 Å². The number of hydrogen-bond acceptors (Lipinski definition) is 6. The number of pyridine rings is 1. The number of carbonyl (C=O) groups excluding carboxylic acids is 1. The average molecular weight is 264 g/mol. The standard InChI is InChI=1S/C13H20N4O2/c1-2-19-13(18)10-16-5-7-17(8-6-16)12-4-3-11(14)9-15-12/h3-4,9H,2,5-8,10,14H2,1H3. The number of nitrogen functional groups attached to an aromatic ring is 1. The highest BCUT2D eigenvalue weighted by molar-refractivity contribution is 5.71. The van der Waals surface area contributed by atoms with Gasteiger partial charge in [-0.3, -0.25) is 9.69 Å². The minimum absolute atomic E-state index is 0.151. The van der Waals surface area contributed by atoms with Crippen LogP contribution < -0.4 is 10.6 Å². The van der Waals surface area contributed by atoms with Gasteiger partial charge in [0.2, 0.25) is 0 Å². The summed E-state index contributed by atoms with van der Waals surface area (Å²) in [6.45, 7) is 6.02. The van der Waals surface area contributed by atoms with Crippen molar-refractivity contribution in [3.05, 3.63) is 18.3 Å². The van der Waals surface area contributed by atoms with Crippen LogP contribution in [0.1, 0.15) is 6.92 Å². The van der Waals surface area contributed by atoms with E-state index in [1.807, 2.05) is 19.1 Å². The predicted molar refractivity (Wildman–Crippen MR) is 73.9 cm³/mol. The van der Waals surface area contributed by atoms with E-state index in [2.05, 4.69) is 14.8 Å². The summed E-state index contributed by atoms with van der Waals surface area (Å²) in [6.07, 6.45) is 1.67. The van der Waals surface area contributed by atoms with E-state index in [1.165, 1.54) is 0 Å². The molecular formula is C13H20N4O2. The smallest absolute Gasteiger partial charge is 0.320 e. The summed E-state index contributed by atoms with van der Waals surface area (Å²) in [6, 6.07) is 3.78. The molecule has 0 bridgehead atoms. The van der Waals surface area contributed by atoms with E-state index < -0.39 is 0 Å². The molecule has 0 unspecified atom stereocenters. The zero-order valence-electron chi connectivity index (χ0n) is 11.2. The number of hydrogen-bond donors (Lipinski definition) is 1. The Morgan fingerprint density at radius 3 is 2.68 bits per heavy atom. The molecule has 1 saturated heterocycles. The van der Waals surface area contributed by atoms with E-state index in [9.17, 15) is 4.79 Å². The fourth-order valence-electron chi connectivity index (χ4n) is 2.11. The Kier molecular flexibility index (Phi) is 4.57. The summed E-state index contributed by atoms with van der Waals surface area (Å²) in [5.41, 5.74) is 6.29. The number of nitrogens with zero attached hydrogens (tertiary/aromatic N) is 3. The first-order valence-electron chi connectivity index (χ1n) is 6.53. The van der Waals surface area contributed by atoms with E-state index in [0.717, 1.165) is 32.0 Å². The van der Waals surface area contributed by atoms with Gasteiger partial charge in [0, 0.05) is 26.2 Å². The third-order valence-electron chi connectivity index (χ3n) is 3.13. The third-order valence-corrected chi connectivity index (χ3v) is 3.13. The van der Waals surface area contributed by atoms with Crippen LogP contribution in [0, 0.1) is 0 Å². The van der Waals surface area contributed by atoms with E-state index in [0.29, 0.717) is 18.8 Å². The van der Waals surface area contributed by atoms with Crippen LogP contribution in [0.25, 0.3) is 0 Å². The van der Waals surface area contributed by atoms with Gasteiger partial charge >= 0.3 is 5.97 Å². The lowest BCUT2D eigenvalue weighted by Gasteiger charge is -2.34. The third kappa shape index (κ3) is 3.82. The van der Waals surface area contributed by atoms with Gasteiger partial charge < -0.3 is 15.4 Å². The maximum absolute atomic E-state index is 11.4. The molecule has 2 N–H and O–H groups in total. The number of anilines is 2. The van der Waals surface area contributed by atoms with Crippen molar-refractivity contribution in [2.75, 3.05) is 50.0 Å². The van der Waals surface area contributed by atoms with Crippen LogP contribution >= 0.6 is 0 Å². The molecule has 104 valence electrons. The zero-order valence-corrected chi connectivity index (χ0v) is 11.2. The molecule has 0 aliphatic carbocycles. The van der Waals surface area contributed by atoms with E-state index in [4.69, 9.17) is 10.5 Å². The summed E-state index contributed by atoms with van der Waals surface area (Å²) in [5, 5.41) is 0. The van der Waals surface area contributed by atoms with Crippen molar-refractivity contribution in [1.29, 1.82) is 0 Å². The molecule has 6 heteroatoms. The molecule has 1 fully saturated rings. The molecule has 0 saturated carbocycles. The first-order chi connectivity index (χ1) is 9.19. The Balaban J connectivity index is 1.82. The number of aromatic nitrogens is 1. The molecule has 0 atom stereocenters. The van der Waals surface area contributed by atoms with Gasteiger partial charge in [0.05, 0.1) is 25.0 Å². The molecule has 2 heterocycles. The van der Waals surface area contributed by atoms with Gasteiger partial charge in [-0.2, -0.15) is 0 Å². The summed E-state index contributed by atoms with van der Waals surface area (Å²) in [4.78, 5) is 20.0. The highest BCUT2D eigenvalue weighted by atomic mass is 16.5. The van der Waals surface area contributed by atoms with Crippen molar-refractivity contribution in [1.82, 2.24) is 9.88 Å². The Bertz CT molecular complexity index is 413. The summed E-state index contributed by atoms with van der Waals surface area (Å²) < 4.78 is 4.95. The van der Waals surface area contributed by atoms with E-state index >= 15 is 0 Å². The number of esters is 1. The highest BCUT2D eigenvalue weighted by Crippen LogP contribution is 2.14. The van der Waals surface area contributed by atoms with Crippen molar-refractivity contribution in [3.63, 3.8) is 0 Å². The number of ether oxygens (including phenoxy) is 1. The van der Waals surface area contributed by atoms with Crippen LogP contribution in [0.3, 0.4) is 0 Å². The Hall–Kier alpha value is -1.82. The van der Waals surface area contributed by atoms with Crippen molar-refractivity contribution >= 4 is 17.5 Å². The first-order valence-corrected chi connectivity index (χ1v) is 6.53. The second-order valence-corrected chi connectivity index (χ2v) is 4.52. The lowest BCUT2D eigenvalue weighted by molar-refractivity contribution is -0.144. The average Bonchev–Trinajstić information content (AvgIpc) is 2.41. The lowest BCUT2D eigenvalue weighted by Crippen LogP contribution is -2.48. The van der Waals surface area contributed by atoms with Crippen LogP contribution in [0.5, 0.6) is 0 Å². The minimum Gasteiger partial charge on any atom is -0.465 e. The zero-order chi connectivity index (χ0) is 13.7. The molecule has 1 aliphatic rings. The molecule has 1 aromatic heterocycles. The normalized spacial score (nSPS) is 16.4. The van der Waals surface area contributed by atoms with Crippen molar-refractivity contribution < 1.29 is 9.53 Å². The van der Waals surface area contributed by atoms with Crippen LogP contribution in [-0.4, -0.2) is 55.2 Å². The molecule has 0 aromatic carbocycles. The number of piperazine rings is 1. The van der Waals surface area contributed by atoms with Gasteiger partial charge in [-0.05, 0) is 19.1 Å².